The molecular weight excluding hydrogens is 226 g/mol. The second kappa shape index (κ2) is 8.10. The van der Waals surface area contributed by atoms with Crippen molar-refractivity contribution < 1.29 is 4.79 Å². The second-order valence-corrected chi connectivity index (χ2v) is 5.15. The molecule has 0 spiro atoms. The number of nitriles is 1. The molecule has 0 N–H and O–H groups in total. The molecule has 0 aromatic carbocycles. The van der Waals surface area contributed by atoms with E-state index in [9.17, 15) is 4.79 Å². The number of carbonyl (C=O) groups is 1. The normalized spacial score (nSPS) is 18.7. The number of amides is 1. The molecule has 1 heterocycles. The molecule has 1 amide bonds. The molecule has 1 atom stereocenters. The van der Waals surface area contributed by atoms with Gasteiger partial charge in [0.25, 0.3) is 0 Å². The van der Waals surface area contributed by atoms with Crippen LogP contribution in [0, 0.1) is 17.2 Å². The largest absolute Gasteiger partial charge is 0.341 e. The second-order valence-electron chi connectivity index (χ2n) is 5.15. The predicted molar refractivity (Wildman–Crippen MR) is 71.9 cm³/mol. The minimum atomic E-state index is -0.0852. The molecule has 0 radical (unpaired) electrons. The van der Waals surface area contributed by atoms with Crippen LogP contribution >= 0.6 is 0 Å². The maximum absolute atomic E-state index is 12.2. The highest BCUT2D eigenvalue weighted by Crippen LogP contribution is 2.10. The number of rotatable bonds is 5. The Balaban J connectivity index is 2.43. The van der Waals surface area contributed by atoms with Gasteiger partial charge in [-0.2, -0.15) is 5.26 Å². The van der Waals surface area contributed by atoms with Crippen molar-refractivity contribution in [2.24, 2.45) is 5.92 Å². The van der Waals surface area contributed by atoms with Crippen molar-refractivity contribution in [1.29, 1.82) is 5.26 Å². The number of likely N-dealkylation sites (N-methyl/N-ethyl adjacent to an activating group) is 1. The predicted octanol–water partition coefficient (Wildman–Crippen LogP) is 1.87. The zero-order chi connectivity index (χ0) is 13.4. The molecular formula is C14H25N3O. The van der Waals surface area contributed by atoms with Crippen LogP contribution in [0.3, 0.4) is 0 Å². The van der Waals surface area contributed by atoms with Crippen molar-refractivity contribution in [3.8, 4) is 6.07 Å². The molecule has 1 aliphatic heterocycles. The minimum Gasteiger partial charge on any atom is -0.341 e. The first-order chi connectivity index (χ1) is 8.67. The van der Waals surface area contributed by atoms with Crippen LogP contribution in [0.15, 0.2) is 0 Å². The average molecular weight is 251 g/mol. The highest BCUT2D eigenvalue weighted by Gasteiger charge is 2.18. The molecule has 0 aromatic rings. The van der Waals surface area contributed by atoms with E-state index in [2.05, 4.69) is 11.0 Å². The van der Waals surface area contributed by atoms with Gasteiger partial charge >= 0.3 is 0 Å². The number of hydrogen-bond acceptors (Lipinski definition) is 3. The number of nitrogens with zero attached hydrogens (tertiary/aromatic N) is 3. The van der Waals surface area contributed by atoms with Crippen LogP contribution in [0.4, 0.5) is 0 Å². The van der Waals surface area contributed by atoms with Crippen molar-refractivity contribution in [3.63, 3.8) is 0 Å². The van der Waals surface area contributed by atoms with E-state index >= 15 is 0 Å². The molecule has 1 fully saturated rings. The molecule has 1 saturated heterocycles. The number of carbonyl (C=O) groups excluding carboxylic acids is 1. The summed E-state index contributed by atoms with van der Waals surface area (Å²) >= 11 is 0. The highest BCUT2D eigenvalue weighted by atomic mass is 16.2. The first kappa shape index (κ1) is 15.0. The molecule has 1 unspecified atom stereocenters. The lowest BCUT2D eigenvalue weighted by Gasteiger charge is -2.26. The zero-order valence-electron chi connectivity index (χ0n) is 11.7. The lowest BCUT2D eigenvalue weighted by Crippen LogP contribution is -2.42. The zero-order valence-corrected chi connectivity index (χ0v) is 11.7. The maximum Gasteiger partial charge on any atom is 0.236 e. The molecule has 18 heavy (non-hydrogen) atoms. The third kappa shape index (κ3) is 5.05. The van der Waals surface area contributed by atoms with Crippen LogP contribution < -0.4 is 0 Å². The fraction of sp³-hybridized carbons (Fsp3) is 0.857. The van der Waals surface area contributed by atoms with E-state index in [0.29, 0.717) is 19.6 Å². The van der Waals surface area contributed by atoms with Crippen LogP contribution in [-0.4, -0.2) is 48.4 Å². The van der Waals surface area contributed by atoms with E-state index in [1.54, 1.807) is 4.90 Å². The number of hydrogen-bond donors (Lipinski definition) is 0. The fourth-order valence-electron chi connectivity index (χ4n) is 2.36. The molecule has 1 aliphatic rings. The molecule has 102 valence electrons. The molecule has 1 rings (SSSR count). The highest BCUT2D eigenvalue weighted by molar-refractivity contribution is 5.78. The van der Waals surface area contributed by atoms with E-state index in [0.717, 1.165) is 13.1 Å². The summed E-state index contributed by atoms with van der Waals surface area (Å²) < 4.78 is 0. The fourth-order valence-corrected chi connectivity index (χ4v) is 2.36. The average Bonchev–Trinajstić information content (AvgIpc) is 2.64. The van der Waals surface area contributed by atoms with Gasteiger partial charge in [0.05, 0.1) is 18.5 Å². The van der Waals surface area contributed by atoms with Crippen LogP contribution in [0.2, 0.25) is 0 Å². The summed E-state index contributed by atoms with van der Waals surface area (Å²) in [4.78, 5) is 16.2. The third-order valence-corrected chi connectivity index (χ3v) is 3.51. The smallest absolute Gasteiger partial charge is 0.236 e. The summed E-state index contributed by atoms with van der Waals surface area (Å²) in [6.07, 6.45) is 4.98. The van der Waals surface area contributed by atoms with E-state index < -0.39 is 0 Å². The van der Waals surface area contributed by atoms with Crippen LogP contribution in [0.1, 0.15) is 39.5 Å². The Morgan fingerprint density at radius 2 is 1.94 bits per heavy atom. The lowest BCUT2D eigenvalue weighted by molar-refractivity contribution is -0.132. The van der Waals surface area contributed by atoms with Crippen molar-refractivity contribution >= 4 is 5.91 Å². The van der Waals surface area contributed by atoms with Crippen LogP contribution in [0.25, 0.3) is 0 Å². The Kier molecular flexibility index (Phi) is 6.74. The molecule has 0 saturated carbocycles. The summed E-state index contributed by atoms with van der Waals surface area (Å²) in [5.74, 6) is 0.0829. The molecule has 0 aromatic heterocycles. The van der Waals surface area contributed by atoms with Gasteiger partial charge in [0.2, 0.25) is 5.91 Å². The quantitative estimate of drug-likeness (QED) is 0.749. The lowest BCUT2D eigenvalue weighted by atomic mass is 10.2. The van der Waals surface area contributed by atoms with Gasteiger partial charge < -0.3 is 4.90 Å². The standard InChI is InChI=1S/C14H25N3O/c1-3-17(11-13(2)10-15)14(18)12-16-8-6-4-5-7-9-16/h13H,3-9,11-12H2,1-2H3. The Morgan fingerprint density at radius 1 is 1.33 bits per heavy atom. The van der Waals surface area contributed by atoms with E-state index in [1.807, 2.05) is 13.8 Å². The van der Waals surface area contributed by atoms with Gasteiger partial charge in [-0.05, 0) is 39.8 Å². The monoisotopic (exact) mass is 251 g/mol. The summed E-state index contributed by atoms with van der Waals surface area (Å²) in [5, 5.41) is 8.82. The van der Waals surface area contributed by atoms with Crippen molar-refractivity contribution in [2.45, 2.75) is 39.5 Å². The summed E-state index contributed by atoms with van der Waals surface area (Å²) in [5.41, 5.74) is 0. The maximum atomic E-state index is 12.2. The Labute approximate surface area is 111 Å². The summed E-state index contributed by atoms with van der Waals surface area (Å²) in [6.45, 7) is 7.69. The number of likely N-dealkylation sites (tertiary alicyclic amines) is 1. The van der Waals surface area contributed by atoms with Gasteiger partial charge in [-0.3, -0.25) is 9.69 Å². The van der Waals surface area contributed by atoms with Gasteiger partial charge in [-0.1, -0.05) is 12.8 Å². The topological polar surface area (TPSA) is 47.3 Å². The minimum absolute atomic E-state index is 0.0852. The van der Waals surface area contributed by atoms with Gasteiger partial charge in [0.1, 0.15) is 0 Å². The Bertz CT molecular complexity index is 290. The van der Waals surface area contributed by atoms with Crippen LogP contribution in [-0.2, 0) is 4.79 Å². The van der Waals surface area contributed by atoms with Gasteiger partial charge in [-0.25, -0.2) is 0 Å². The molecule has 0 aliphatic carbocycles. The molecule has 4 nitrogen and oxygen atoms in total. The van der Waals surface area contributed by atoms with Gasteiger partial charge in [0, 0.05) is 13.1 Å². The third-order valence-electron chi connectivity index (χ3n) is 3.51. The van der Waals surface area contributed by atoms with Gasteiger partial charge in [0.15, 0.2) is 0 Å². The van der Waals surface area contributed by atoms with Gasteiger partial charge in [-0.15, -0.1) is 0 Å². The SMILES string of the molecule is CCN(CC(C)C#N)C(=O)CN1CCCCCC1. The first-order valence-corrected chi connectivity index (χ1v) is 7.07. The van der Waals surface area contributed by atoms with Crippen molar-refractivity contribution in [3.05, 3.63) is 0 Å². The van der Waals surface area contributed by atoms with Crippen molar-refractivity contribution in [2.75, 3.05) is 32.7 Å². The Hall–Kier alpha value is -1.08. The van der Waals surface area contributed by atoms with E-state index in [1.165, 1.54) is 25.7 Å². The Morgan fingerprint density at radius 3 is 2.44 bits per heavy atom. The van der Waals surface area contributed by atoms with E-state index in [4.69, 9.17) is 5.26 Å². The van der Waals surface area contributed by atoms with Crippen LogP contribution in [0.5, 0.6) is 0 Å². The van der Waals surface area contributed by atoms with Crippen molar-refractivity contribution in [1.82, 2.24) is 9.80 Å². The first-order valence-electron chi connectivity index (χ1n) is 7.07. The van der Waals surface area contributed by atoms with E-state index in [-0.39, 0.29) is 11.8 Å². The summed E-state index contributed by atoms with van der Waals surface area (Å²) in [6, 6.07) is 2.19. The molecule has 0 bridgehead atoms. The summed E-state index contributed by atoms with van der Waals surface area (Å²) in [7, 11) is 0. The molecule has 4 heteroatoms.